The van der Waals surface area contributed by atoms with Crippen molar-refractivity contribution in [1.29, 1.82) is 0 Å². The first-order chi connectivity index (χ1) is 15.7. The SMILES string of the molecule is Brc1ccc(-c2cc(-c3ccccn3)nc(-c3ccccn3)c2)cc1.Cc1ccncc1.[Pt+2]. The third kappa shape index (κ3) is 6.98. The van der Waals surface area contributed by atoms with Gasteiger partial charge in [-0.1, -0.05) is 40.2 Å². The van der Waals surface area contributed by atoms with Gasteiger partial charge in [-0.25, -0.2) is 4.98 Å². The molecule has 1 aromatic carbocycles. The van der Waals surface area contributed by atoms with Crippen LogP contribution in [0.25, 0.3) is 33.9 Å². The minimum atomic E-state index is 0. The van der Waals surface area contributed by atoms with Crippen LogP contribution >= 0.6 is 15.9 Å². The smallest absolute Gasteiger partial charge is 0.265 e. The number of aryl methyl sites for hydroxylation is 1. The molecule has 0 unspecified atom stereocenters. The van der Waals surface area contributed by atoms with Gasteiger partial charge in [0.05, 0.1) is 22.8 Å². The Bertz CT molecular complexity index is 1210. The van der Waals surface area contributed by atoms with Crippen LogP contribution in [-0.2, 0) is 21.1 Å². The molecule has 33 heavy (non-hydrogen) atoms. The molecule has 0 N–H and O–H groups in total. The summed E-state index contributed by atoms with van der Waals surface area (Å²) in [5.41, 5.74) is 6.83. The van der Waals surface area contributed by atoms with Crippen molar-refractivity contribution < 1.29 is 21.1 Å². The zero-order valence-electron chi connectivity index (χ0n) is 17.9. The molecule has 0 radical (unpaired) electrons. The predicted octanol–water partition coefficient (Wildman–Crippen LogP) is 7.02. The molecule has 0 aliphatic carbocycles. The molecule has 5 aromatic rings. The number of benzene rings is 1. The van der Waals surface area contributed by atoms with Crippen LogP contribution in [0, 0.1) is 6.92 Å². The summed E-state index contributed by atoms with van der Waals surface area (Å²) in [6, 6.07) is 28.0. The quantitative estimate of drug-likeness (QED) is 0.206. The van der Waals surface area contributed by atoms with E-state index < -0.39 is 0 Å². The van der Waals surface area contributed by atoms with Gasteiger partial charge in [0, 0.05) is 29.3 Å². The van der Waals surface area contributed by atoms with Crippen LogP contribution in [0.5, 0.6) is 0 Å². The Morgan fingerprint density at radius 3 is 1.55 bits per heavy atom. The molecule has 6 heteroatoms. The van der Waals surface area contributed by atoms with Crippen molar-refractivity contribution in [1.82, 2.24) is 19.9 Å². The average Bonchev–Trinajstić information content (AvgIpc) is 2.86. The summed E-state index contributed by atoms with van der Waals surface area (Å²) < 4.78 is 1.06. The predicted molar refractivity (Wildman–Crippen MR) is 133 cm³/mol. The number of halogens is 1. The maximum atomic E-state index is 4.78. The molecule has 0 amide bonds. The van der Waals surface area contributed by atoms with E-state index in [-0.39, 0.29) is 21.1 Å². The number of hydrogen-bond acceptors (Lipinski definition) is 4. The number of rotatable bonds is 3. The Balaban J connectivity index is 0.000000330. The van der Waals surface area contributed by atoms with E-state index in [0.29, 0.717) is 0 Å². The van der Waals surface area contributed by atoms with E-state index in [4.69, 9.17) is 4.98 Å². The van der Waals surface area contributed by atoms with Gasteiger partial charge in [-0.05, 0) is 84.3 Å². The Labute approximate surface area is 216 Å². The van der Waals surface area contributed by atoms with E-state index in [2.05, 4.69) is 55.1 Å². The van der Waals surface area contributed by atoms with Crippen molar-refractivity contribution >= 4 is 15.9 Å². The summed E-state index contributed by atoms with van der Waals surface area (Å²) in [5.74, 6) is 0. The van der Waals surface area contributed by atoms with Gasteiger partial charge in [0.25, 0.3) is 0 Å². The Morgan fingerprint density at radius 2 is 1.12 bits per heavy atom. The molecule has 0 aliphatic rings. The minimum Gasteiger partial charge on any atom is -0.265 e. The number of nitrogens with zero attached hydrogens (tertiary/aromatic N) is 4. The molecule has 4 aromatic heterocycles. The molecular weight excluding hydrogens is 655 g/mol. The number of aromatic nitrogens is 4. The van der Waals surface area contributed by atoms with E-state index in [1.165, 1.54) is 5.56 Å². The minimum absolute atomic E-state index is 0. The van der Waals surface area contributed by atoms with Crippen molar-refractivity contribution in [2.75, 3.05) is 0 Å². The van der Waals surface area contributed by atoms with Crippen LogP contribution in [0.4, 0.5) is 0 Å². The van der Waals surface area contributed by atoms with Gasteiger partial charge in [-0.15, -0.1) is 0 Å². The van der Waals surface area contributed by atoms with Gasteiger partial charge in [0.15, 0.2) is 0 Å². The van der Waals surface area contributed by atoms with Crippen molar-refractivity contribution in [3.8, 4) is 33.9 Å². The summed E-state index contributed by atoms with van der Waals surface area (Å²) in [7, 11) is 0. The van der Waals surface area contributed by atoms with Crippen molar-refractivity contribution in [3.63, 3.8) is 0 Å². The molecule has 0 saturated carbocycles. The monoisotopic (exact) mass is 675 g/mol. The number of pyridine rings is 4. The Hall–Kier alpha value is -3.01. The third-order valence-corrected chi connectivity index (χ3v) is 5.23. The fourth-order valence-corrected chi connectivity index (χ4v) is 3.32. The molecule has 0 spiro atoms. The fourth-order valence-electron chi connectivity index (χ4n) is 3.06. The van der Waals surface area contributed by atoms with E-state index >= 15 is 0 Å². The third-order valence-electron chi connectivity index (χ3n) is 4.70. The van der Waals surface area contributed by atoms with E-state index in [9.17, 15) is 0 Å². The van der Waals surface area contributed by atoms with Gasteiger partial charge in [-0.3, -0.25) is 15.0 Å². The molecule has 4 nitrogen and oxygen atoms in total. The standard InChI is InChI=1S/C21H14BrN3.C6H7N.Pt/c22-17-9-7-15(8-10-17)16-13-20(18-5-1-3-11-23-18)25-21(14-16)19-6-2-4-12-24-19;1-6-2-4-7-5-3-6;/h1-14H;2-5H,1H3;/q;;+2. The molecule has 0 saturated heterocycles. The molecule has 0 bridgehead atoms. The van der Waals surface area contributed by atoms with Crippen LogP contribution < -0.4 is 0 Å². The Morgan fingerprint density at radius 1 is 0.576 bits per heavy atom. The summed E-state index contributed by atoms with van der Waals surface area (Å²) in [5, 5.41) is 0. The van der Waals surface area contributed by atoms with Crippen LogP contribution in [0.1, 0.15) is 5.56 Å². The molecule has 0 atom stereocenters. The summed E-state index contributed by atoms with van der Waals surface area (Å²) in [6.45, 7) is 2.04. The maximum absolute atomic E-state index is 4.78. The molecule has 5 rings (SSSR count). The zero-order valence-corrected chi connectivity index (χ0v) is 21.7. The largest absolute Gasteiger partial charge is 2.00 e. The van der Waals surface area contributed by atoms with Gasteiger partial charge < -0.3 is 0 Å². The van der Waals surface area contributed by atoms with Gasteiger partial charge >= 0.3 is 21.1 Å². The van der Waals surface area contributed by atoms with E-state index in [0.717, 1.165) is 38.4 Å². The van der Waals surface area contributed by atoms with Crippen LogP contribution in [0.3, 0.4) is 0 Å². The normalized spacial score (nSPS) is 9.88. The first-order valence-corrected chi connectivity index (χ1v) is 11.0. The topological polar surface area (TPSA) is 51.6 Å². The van der Waals surface area contributed by atoms with Crippen LogP contribution in [-0.4, -0.2) is 19.9 Å². The van der Waals surface area contributed by atoms with Crippen LogP contribution in [0.2, 0.25) is 0 Å². The fraction of sp³-hybridized carbons (Fsp3) is 0.0370. The first kappa shape index (κ1) is 24.6. The second-order valence-electron chi connectivity index (χ2n) is 7.09. The van der Waals surface area contributed by atoms with Crippen molar-refractivity contribution in [2.45, 2.75) is 6.92 Å². The first-order valence-electron chi connectivity index (χ1n) is 10.2. The van der Waals surface area contributed by atoms with Gasteiger partial charge in [-0.2, -0.15) is 0 Å². The van der Waals surface area contributed by atoms with Crippen molar-refractivity contribution in [3.05, 3.63) is 120 Å². The Kier molecular flexibility index (Phi) is 9.17. The second-order valence-corrected chi connectivity index (χ2v) is 8.00. The van der Waals surface area contributed by atoms with Crippen molar-refractivity contribution in [2.24, 2.45) is 0 Å². The van der Waals surface area contributed by atoms with Gasteiger partial charge in [0.1, 0.15) is 0 Å². The summed E-state index contributed by atoms with van der Waals surface area (Å²) >= 11 is 3.49. The number of hydrogen-bond donors (Lipinski definition) is 0. The summed E-state index contributed by atoms with van der Waals surface area (Å²) in [4.78, 5) is 17.5. The maximum Gasteiger partial charge on any atom is 2.00 e. The molecule has 164 valence electrons. The molecule has 4 heterocycles. The van der Waals surface area contributed by atoms with Crippen LogP contribution in [0.15, 0.2) is 114 Å². The molecule has 0 fully saturated rings. The molecule has 0 aliphatic heterocycles. The van der Waals surface area contributed by atoms with E-state index in [1.54, 1.807) is 24.8 Å². The molecular formula is C27H21BrN4Pt+2. The summed E-state index contributed by atoms with van der Waals surface area (Å²) in [6.07, 6.45) is 7.14. The van der Waals surface area contributed by atoms with Gasteiger partial charge in [0.2, 0.25) is 0 Å². The van der Waals surface area contributed by atoms with E-state index in [1.807, 2.05) is 67.6 Å². The zero-order chi connectivity index (χ0) is 22.2. The average molecular weight is 676 g/mol. The second kappa shape index (κ2) is 12.3.